The van der Waals surface area contributed by atoms with E-state index in [0.29, 0.717) is 0 Å². The molecule has 49 heavy (non-hydrogen) atoms. The van der Waals surface area contributed by atoms with Crippen molar-refractivity contribution in [1.29, 1.82) is 0 Å². The number of sulfone groups is 1. The van der Waals surface area contributed by atoms with E-state index in [1.54, 1.807) is 0 Å². The molecule has 0 N–H and O–H groups in total. The van der Waals surface area contributed by atoms with Crippen LogP contribution in [0.3, 0.4) is 0 Å². The van der Waals surface area contributed by atoms with Crippen molar-refractivity contribution in [1.82, 2.24) is 0 Å². The molecule has 8 nitrogen and oxygen atoms in total. The summed E-state index contributed by atoms with van der Waals surface area (Å²) in [6.07, 6.45) is 0. The van der Waals surface area contributed by atoms with E-state index in [2.05, 4.69) is 102 Å². The standard InChI is InChI=1S/C14H10O6S.2C13H22N/c15-13(16)9-5-1-3-7-11(9)21(19,20)12-8-4-2-6-10(12)14(17)18;2*1-4-14(5-2,6-3)12-13-10-8-7-9-11-13/h1-8H,(H,15,16)(H,17,18);2*7-11H,4-6,12H2,1-3H3/q;2*+1/p-2. The molecule has 264 valence electrons. The molecule has 0 unspecified atom stereocenters. The van der Waals surface area contributed by atoms with Crippen molar-refractivity contribution < 1.29 is 37.2 Å². The summed E-state index contributed by atoms with van der Waals surface area (Å²) in [5.74, 6) is -3.33. The van der Waals surface area contributed by atoms with Gasteiger partial charge in [0.05, 0.1) is 61.0 Å². The molecule has 4 rings (SSSR count). The highest BCUT2D eigenvalue weighted by molar-refractivity contribution is 7.91. The predicted octanol–water partition coefficient (Wildman–Crippen LogP) is 5.37. The summed E-state index contributed by atoms with van der Waals surface area (Å²) in [4.78, 5) is 21.0. The maximum Gasteiger partial charge on any atom is 0.207 e. The van der Waals surface area contributed by atoms with E-state index in [9.17, 15) is 28.2 Å². The molecule has 9 heteroatoms. The molecule has 0 saturated heterocycles. The molecule has 0 aromatic heterocycles. The third-order valence-corrected chi connectivity index (χ3v) is 11.4. The minimum absolute atomic E-state index is 0.529. The molecule has 0 atom stereocenters. The summed E-state index contributed by atoms with van der Waals surface area (Å²) in [7, 11) is -4.33. The van der Waals surface area contributed by atoms with Crippen LogP contribution in [0.4, 0.5) is 0 Å². The van der Waals surface area contributed by atoms with Gasteiger partial charge in [0.15, 0.2) is 0 Å². The van der Waals surface area contributed by atoms with Gasteiger partial charge in [-0.2, -0.15) is 0 Å². The molecule has 4 aromatic carbocycles. The number of hydrogen-bond donors (Lipinski definition) is 0. The molecule has 0 aliphatic rings. The van der Waals surface area contributed by atoms with Crippen molar-refractivity contribution in [2.24, 2.45) is 0 Å². The molecule has 0 fully saturated rings. The number of benzene rings is 4. The second-order valence-electron chi connectivity index (χ2n) is 11.9. The smallest absolute Gasteiger partial charge is 0.207 e. The average molecular weight is 689 g/mol. The van der Waals surface area contributed by atoms with Gasteiger partial charge in [0.2, 0.25) is 9.84 Å². The first kappa shape index (κ1) is 40.9. The van der Waals surface area contributed by atoms with E-state index in [1.165, 1.54) is 96.7 Å². The SMILES string of the molecule is CC[N+](CC)(CC)Cc1ccccc1.CC[N+](CC)(CC)Cc1ccccc1.O=C([O-])c1ccccc1S(=O)(=O)c1ccccc1C(=O)[O-]. The van der Waals surface area contributed by atoms with Gasteiger partial charge >= 0.3 is 0 Å². The van der Waals surface area contributed by atoms with Gasteiger partial charge in [-0.15, -0.1) is 0 Å². The lowest BCUT2D eigenvalue weighted by Gasteiger charge is -2.35. The van der Waals surface area contributed by atoms with Crippen LogP contribution in [-0.2, 0) is 22.9 Å². The number of carbonyl (C=O) groups is 2. The Bertz CT molecular complexity index is 1560. The van der Waals surface area contributed by atoms with Crippen LogP contribution in [0.15, 0.2) is 119 Å². The quantitative estimate of drug-likeness (QED) is 0.165. The molecule has 0 amide bonds. The molecule has 0 heterocycles. The molecule has 0 saturated carbocycles. The zero-order valence-electron chi connectivity index (χ0n) is 29.8. The van der Waals surface area contributed by atoms with Crippen molar-refractivity contribution >= 4 is 21.8 Å². The van der Waals surface area contributed by atoms with Crippen molar-refractivity contribution in [2.75, 3.05) is 39.3 Å². The lowest BCUT2D eigenvalue weighted by molar-refractivity contribution is -0.936. The average Bonchev–Trinajstić information content (AvgIpc) is 3.14. The van der Waals surface area contributed by atoms with Crippen molar-refractivity contribution in [3.05, 3.63) is 131 Å². The molecular formula is C40H52N2O6S. The topological polar surface area (TPSA) is 114 Å². The number of quaternary nitrogens is 2. The summed E-state index contributed by atoms with van der Waals surface area (Å²) in [5, 5.41) is 22.0. The van der Waals surface area contributed by atoms with Crippen molar-refractivity contribution in [3.63, 3.8) is 0 Å². The summed E-state index contributed by atoms with van der Waals surface area (Å²) in [5.41, 5.74) is 1.84. The summed E-state index contributed by atoms with van der Waals surface area (Å²) < 4.78 is 27.4. The molecule has 0 radical (unpaired) electrons. The monoisotopic (exact) mass is 688 g/mol. The van der Waals surface area contributed by atoms with Crippen LogP contribution in [-0.4, -0.2) is 68.6 Å². The van der Waals surface area contributed by atoms with Gasteiger partial charge in [-0.3, -0.25) is 0 Å². The lowest BCUT2D eigenvalue weighted by Crippen LogP contribution is -2.46. The number of nitrogens with zero attached hydrogens (tertiary/aromatic N) is 2. The lowest BCUT2D eigenvalue weighted by atomic mass is 10.2. The van der Waals surface area contributed by atoms with Crippen LogP contribution in [0.25, 0.3) is 0 Å². The third-order valence-electron chi connectivity index (χ3n) is 9.54. The van der Waals surface area contributed by atoms with Crippen LogP contribution in [0.2, 0.25) is 0 Å². The number of carbonyl (C=O) groups excluding carboxylic acids is 2. The van der Waals surface area contributed by atoms with E-state index < -0.39 is 42.7 Å². The first-order valence-electron chi connectivity index (χ1n) is 17.0. The Hall–Kier alpha value is -4.31. The first-order valence-corrected chi connectivity index (χ1v) is 18.5. The fourth-order valence-electron chi connectivity index (χ4n) is 5.81. The van der Waals surface area contributed by atoms with E-state index in [4.69, 9.17) is 0 Å². The zero-order chi connectivity index (χ0) is 36.5. The number of carboxylic acid groups (broad SMARTS) is 2. The summed E-state index contributed by atoms with van der Waals surface area (Å²) >= 11 is 0. The maximum atomic E-state index is 12.5. The highest BCUT2D eigenvalue weighted by Crippen LogP contribution is 2.26. The van der Waals surface area contributed by atoms with Crippen molar-refractivity contribution in [2.45, 2.75) is 64.4 Å². The predicted molar refractivity (Wildman–Crippen MR) is 191 cm³/mol. The Labute approximate surface area is 293 Å². The first-order chi connectivity index (χ1) is 23.4. The molecule has 0 spiro atoms. The van der Waals surface area contributed by atoms with Crippen LogP contribution in [0, 0.1) is 0 Å². The van der Waals surface area contributed by atoms with Crippen molar-refractivity contribution in [3.8, 4) is 0 Å². The minimum Gasteiger partial charge on any atom is -0.545 e. The van der Waals surface area contributed by atoms with Gasteiger partial charge in [0.1, 0.15) is 13.1 Å². The summed E-state index contributed by atoms with van der Waals surface area (Å²) in [6, 6.07) is 31.3. The number of hydrogen-bond acceptors (Lipinski definition) is 6. The van der Waals surface area contributed by atoms with E-state index in [1.807, 2.05) is 0 Å². The zero-order valence-corrected chi connectivity index (χ0v) is 30.6. The van der Waals surface area contributed by atoms with E-state index >= 15 is 0 Å². The molecule has 0 bridgehead atoms. The van der Waals surface area contributed by atoms with Gasteiger partial charge in [0.25, 0.3) is 0 Å². The largest absolute Gasteiger partial charge is 0.545 e. The van der Waals surface area contributed by atoms with Gasteiger partial charge in [-0.25, -0.2) is 8.42 Å². The van der Waals surface area contributed by atoms with Gasteiger partial charge in [-0.05, 0) is 53.7 Å². The fourth-order valence-corrected chi connectivity index (χ4v) is 7.45. The van der Waals surface area contributed by atoms with Crippen LogP contribution < -0.4 is 10.2 Å². The van der Waals surface area contributed by atoms with Crippen LogP contribution >= 0.6 is 0 Å². The molecule has 4 aromatic rings. The normalized spacial score (nSPS) is 11.4. The third kappa shape index (κ3) is 11.4. The molecule has 0 aliphatic carbocycles. The maximum absolute atomic E-state index is 12.5. The highest BCUT2D eigenvalue weighted by atomic mass is 32.2. The molecule has 0 aliphatic heterocycles. The minimum atomic E-state index is -4.33. The Morgan fingerprint density at radius 3 is 1.00 bits per heavy atom. The number of aromatic carboxylic acids is 2. The van der Waals surface area contributed by atoms with Gasteiger partial charge < -0.3 is 28.8 Å². The molecular weight excluding hydrogens is 637 g/mol. The van der Waals surface area contributed by atoms with E-state index in [0.717, 1.165) is 24.3 Å². The fraction of sp³-hybridized carbons (Fsp3) is 0.350. The van der Waals surface area contributed by atoms with Gasteiger partial charge in [-0.1, -0.05) is 97.1 Å². The van der Waals surface area contributed by atoms with Crippen LogP contribution in [0.1, 0.15) is 73.4 Å². The Kier molecular flexibility index (Phi) is 16.4. The van der Waals surface area contributed by atoms with E-state index in [-0.39, 0.29) is 0 Å². The number of rotatable bonds is 14. The number of carboxylic acids is 2. The highest BCUT2D eigenvalue weighted by Gasteiger charge is 2.25. The van der Waals surface area contributed by atoms with Gasteiger partial charge in [0, 0.05) is 22.3 Å². The second kappa shape index (κ2) is 19.6. The Morgan fingerprint density at radius 2 is 0.735 bits per heavy atom. The second-order valence-corrected chi connectivity index (χ2v) is 13.8. The van der Waals surface area contributed by atoms with Crippen LogP contribution in [0.5, 0.6) is 0 Å². The Morgan fingerprint density at radius 1 is 0.469 bits per heavy atom. The Balaban J connectivity index is 0.000000264. The summed E-state index contributed by atoms with van der Waals surface area (Å²) in [6.45, 7) is 23.4.